The molecule has 0 aliphatic heterocycles. The molecule has 3 nitrogen and oxygen atoms in total. The molecule has 3 heteroatoms. The summed E-state index contributed by atoms with van der Waals surface area (Å²) in [4.78, 5) is 4.02. The Hall–Kier alpha value is -1.61. The summed E-state index contributed by atoms with van der Waals surface area (Å²) in [6.45, 7) is 3.04. The van der Waals surface area contributed by atoms with E-state index < -0.39 is 0 Å². The molecule has 0 aliphatic rings. The molecule has 0 aromatic carbocycles. The number of nitrogens with two attached hydrogens (primary N) is 1. The Kier molecular flexibility index (Phi) is 3.94. The van der Waals surface area contributed by atoms with E-state index in [4.69, 9.17) is 5.73 Å². The highest BCUT2D eigenvalue weighted by Gasteiger charge is 2.03. The molecule has 2 aromatic heterocycles. The molecule has 2 rings (SSSR count). The first-order valence-corrected chi connectivity index (χ1v) is 6.04. The Morgan fingerprint density at radius 1 is 1.29 bits per heavy atom. The third-order valence-electron chi connectivity index (χ3n) is 2.85. The largest absolute Gasteiger partial charge is 0.351 e. The van der Waals surface area contributed by atoms with Gasteiger partial charge in [0.05, 0.1) is 0 Å². The van der Waals surface area contributed by atoms with Gasteiger partial charge in [0.25, 0.3) is 0 Å². The van der Waals surface area contributed by atoms with Crippen molar-refractivity contribution in [3.63, 3.8) is 0 Å². The van der Waals surface area contributed by atoms with E-state index in [9.17, 15) is 0 Å². The van der Waals surface area contributed by atoms with Crippen LogP contribution >= 0.6 is 0 Å². The van der Waals surface area contributed by atoms with Gasteiger partial charge in [-0.3, -0.25) is 4.98 Å². The first-order valence-electron chi connectivity index (χ1n) is 6.04. The molecule has 0 fully saturated rings. The van der Waals surface area contributed by atoms with Crippen LogP contribution in [0.25, 0.3) is 0 Å². The Morgan fingerprint density at radius 2 is 2.06 bits per heavy atom. The maximum Gasteiger partial charge on any atom is 0.0270 e. The quantitative estimate of drug-likeness (QED) is 0.852. The van der Waals surface area contributed by atoms with Crippen LogP contribution in [-0.4, -0.2) is 15.6 Å². The zero-order valence-electron chi connectivity index (χ0n) is 10.2. The maximum absolute atomic E-state index is 5.84. The van der Waals surface area contributed by atoms with Gasteiger partial charge in [-0.15, -0.1) is 0 Å². The Labute approximate surface area is 102 Å². The standard InChI is InChI=1S/C14H19N3/c1-12(15)11-14-3-2-9-17(14)10-6-13-4-7-16-8-5-13/h2-5,7-9,12H,6,10-11,15H2,1H3. The van der Waals surface area contributed by atoms with Crippen molar-refractivity contribution < 1.29 is 0 Å². The fraction of sp³-hybridized carbons (Fsp3) is 0.357. The highest BCUT2D eigenvalue weighted by atomic mass is 15.0. The van der Waals surface area contributed by atoms with Crippen molar-refractivity contribution in [1.29, 1.82) is 0 Å². The van der Waals surface area contributed by atoms with E-state index in [1.54, 1.807) is 0 Å². The van der Waals surface area contributed by atoms with E-state index in [0.717, 1.165) is 19.4 Å². The number of hydrogen-bond donors (Lipinski definition) is 1. The SMILES string of the molecule is CC(N)Cc1cccn1CCc1ccncc1. The fourth-order valence-electron chi connectivity index (χ4n) is 1.98. The molecule has 2 N–H and O–H groups in total. The molecule has 0 aliphatic carbocycles. The minimum Gasteiger partial charge on any atom is -0.351 e. The van der Waals surface area contributed by atoms with E-state index in [2.05, 4.69) is 40.0 Å². The lowest BCUT2D eigenvalue weighted by Gasteiger charge is -2.11. The van der Waals surface area contributed by atoms with Gasteiger partial charge in [0.1, 0.15) is 0 Å². The lowest BCUT2D eigenvalue weighted by Crippen LogP contribution is -2.20. The van der Waals surface area contributed by atoms with Crippen LogP contribution in [0.5, 0.6) is 0 Å². The molecule has 0 bridgehead atoms. The number of hydrogen-bond acceptors (Lipinski definition) is 2. The Morgan fingerprint density at radius 3 is 2.76 bits per heavy atom. The zero-order valence-corrected chi connectivity index (χ0v) is 10.2. The minimum atomic E-state index is 0.213. The highest BCUT2D eigenvalue weighted by Crippen LogP contribution is 2.07. The second-order valence-electron chi connectivity index (χ2n) is 4.48. The monoisotopic (exact) mass is 229 g/mol. The van der Waals surface area contributed by atoms with Crippen LogP contribution in [0.1, 0.15) is 18.2 Å². The number of aryl methyl sites for hydroxylation is 2. The summed E-state index contributed by atoms with van der Waals surface area (Å²) in [6.07, 6.45) is 7.77. The number of pyridine rings is 1. The molecule has 0 saturated carbocycles. The fourth-order valence-corrected chi connectivity index (χ4v) is 1.98. The van der Waals surface area contributed by atoms with Crippen molar-refractivity contribution in [1.82, 2.24) is 9.55 Å². The molecule has 0 saturated heterocycles. The minimum absolute atomic E-state index is 0.213. The lowest BCUT2D eigenvalue weighted by molar-refractivity contribution is 0.627. The van der Waals surface area contributed by atoms with Gasteiger partial charge in [-0.05, 0) is 43.2 Å². The van der Waals surface area contributed by atoms with Gasteiger partial charge < -0.3 is 10.3 Å². The summed E-state index contributed by atoms with van der Waals surface area (Å²) in [5.74, 6) is 0. The van der Waals surface area contributed by atoms with Gasteiger partial charge in [-0.25, -0.2) is 0 Å². The van der Waals surface area contributed by atoms with Crippen LogP contribution in [0.3, 0.4) is 0 Å². The van der Waals surface area contributed by atoms with Gasteiger partial charge in [0.15, 0.2) is 0 Å². The van der Waals surface area contributed by atoms with Crippen molar-refractivity contribution in [3.8, 4) is 0 Å². The predicted molar refractivity (Wildman–Crippen MR) is 69.7 cm³/mol. The van der Waals surface area contributed by atoms with Crippen LogP contribution < -0.4 is 5.73 Å². The molecule has 17 heavy (non-hydrogen) atoms. The molecule has 0 radical (unpaired) electrons. The van der Waals surface area contributed by atoms with Gasteiger partial charge in [0.2, 0.25) is 0 Å². The third kappa shape index (κ3) is 3.43. The van der Waals surface area contributed by atoms with Gasteiger partial charge in [-0.2, -0.15) is 0 Å². The lowest BCUT2D eigenvalue weighted by atomic mass is 10.2. The van der Waals surface area contributed by atoms with Crippen molar-refractivity contribution in [3.05, 3.63) is 54.1 Å². The van der Waals surface area contributed by atoms with E-state index in [1.807, 2.05) is 19.3 Å². The van der Waals surface area contributed by atoms with Crippen LogP contribution in [0.2, 0.25) is 0 Å². The average molecular weight is 229 g/mol. The summed E-state index contributed by atoms with van der Waals surface area (Å²) < 4.78 is 2.28. The first kappa shape index (κ1) is 11.9. The average Bonchev–Trinajstić information content (AvgIpc) is 2.74. The number of rotatable bonds is 5. The second-order valence-corrected chi connectivity index (χ2v) is 4.48. The van der Waals surface area contributed by atoms with Crippen molar-refractivity contribution in [2.45, 2.75) is 32.4 Å². The Balaban J connectivity index is 1.97. The summed E-state index contributed by atoms with van der Waals surface area (Å²) in [5, 5.41) is 0. The molecule has 2 aromatic rings. The molecular weight excluding hydrogens is 210 g/mol. The predicted octanol–water partition coefficient (Wildman–Crippen LogP) is 2.02. The van der Waals surface area contributed by atoms with Gasteiger partial charge in [0, 0.05) is 43.3 Å². The summed E-state index contributed by atoms with van der Waals surface area (Å²) in [6, 6.07) is 8.58. The topological polar surface area (TPSA) is 43.8 Å². The molecule has 1 atom stereocenters. The molecule has 0 amide bonds. The van der Waals surface area contributed by atoms with Crippen LogP contribution in [0.4, 0.5) is 0 Å². The summed E-state index contributed by atoms with van der Waals surface area (Å²) >= 11 is 0. The van der Waals surface area contributed by atoms with Gasteiger partial charge in [-0.1, -0.05) is 0 Å². The molecule has 90 valence electrons. The van der Waals surface area contributed by atoms with Crippen molar-refractivity contribution in [2.24, 2.45) is 5.73 Å². The van der Waals surface area contributed by atoms with Crippen molar-refractivity contribution in [2.75, 3.05) is 0 Å². The van der Waals surface area contributed by atoms with E-state index in [0.29, 0.717) is 0 Å². The Bertz CT molecular complexity index is 446. The smallest absolute Gasteiger partial charge is 0.0270 e. The summed E-state index contributed by atoms with van der Waals surface area (Å²) in [7, 11) is 0. The van der Waals surface area contributed by atoms with Crippen LogP contribution in [0.15, 0.2) is 42.9 Å². The van der Waals surface area contributed by atoms with Crippen molar-refractivity contribution >= 4 is 0 Å². The number of nitrogens with zero attached hydrogens (tertiary/aromatic N) is 2. The summed E-state index contributed by atoms with van der Waals surface area (Å²) in [5.41, 5.74) is 8.47. The van der Waals surface area contributed by atoms with E-state index in [1.165, 1.54) is 11.3 Å². The van der Waals surface area contributed by atoms with E-state index >= 15 is 0 Å². The van der Waals surface area contributed by atoms with E-state index in [-0.39, 0.29) is 6.04 Å². The van der Waals surface area contributed by atoms with Gasteiger partial charge >= 0.3 is 0 Å². The molecule has 0 spiro atoms. The first-order chi connectivity index (χ1) is 8.25. The normalized spacial score (nSPS) is 12.6. The molecule has 1 unspecified atom stereocenters. The maximum atomic E-state index is 5.84. The zero-order chi connectivity index (χ0) is 12.1. The second kappa shape index (κ2) is 5.64. The third-order valence-corrected chi connectivity index (χ3v) is 2.85. The number of aromatic nitrogens is 2. The highest BCUT2D eigenvalue weighted by molar-refractivity contribution is 5.12. The molecule has 2 heterocycles. The van der Waals surface area contributed by atoms with Crippen LogP contribution in [0, 0.1) is 0 Å². The van der Waals surface area contributed by atoms with Crippen LogP contribution in [-0.2, 0) is 19.4 Å². The molecular formula is C14H19N3.